The number of hydrogen-bond acceptors (Lipinski definition) is 3. The zero-order chi connectivity index (χ0) is 14.6. The first-order chi connectivity index (χ1) is 9.51. The Labute approximate surface area is 123 Å². The fourth-order valence-electron chi connectivity index (χ4n) is 3.12. The number of nitrogens with zero attached hydrogens (tertiary/aromatic N) is 2. The topological polar surface area (TPSA) is 52.7 Å². The van der Waals surface area contributed by atoms with Gasteiger partial charge in [-0.3, -0.25) is 0 Å². The summed E-state index contributed by atoms with van der Waals surface area (Å²) in [7, 11) is -3.31. The van der Waals surface area contributed by atoms with Crippen LogP contribution in [0.3, 0.4) is 0 Å². The van der Waals surface area contributed by atoms with Gasteiger partial charge in [-0.15, -0.1) is 0 Å². The molecule has 2 aliphatic rings. The second-order valence-electron chi connectivity index (χ2n) is 6.28. The van der Waals surface area contributed by atoms with E-state index < -0.39 is 10.2 Å². The van der Waals surface area contributed by atoms with Crippen molar-refractivity contribution in [2.24, 2.45) is 0 Å². The Balaban J connectivity index is 2.08. The van der Waals surface area contributed by atoms with E-state index >= 15 is 0 Å². The predicted molar refractivity (Wildman–Crippen MR) is 81.8 cm³/mol. The zero-order valence-electron chi connectivity index (χ0n) is 12.8. The van der Waals surface area contributed by atoms with Gasteiger partial charge in [0.25, 0.3) is 10.2 Å². The summed E-state index contributed by atoms with van der Waals surface area (Å²) >= 11 is 0. The Morgan fingerprint density at radius 1 is 1.15 bits per heavy atom. The highest BCUT2D eigenvalue weighted by atomic mass is 32.2. The van der Waals surface area contributed by atoms with Gasteiger partial charge in [0.1, 0.15) is 0 Å². The molecule has 2 saturated heterocycles. The fourth-order valence-corrected chi connectivity index (χ4v) is 5.04. The Morgan fingerprint density at radius 3 is 2.30 bits per heavy atom. The van der Waals surface area contributed by atoms with Crippen molar-refractivity contribution < 1.29 is 8.42 Å². The highest BCUT2D eigenvalue weighted by Gasteiger charge is 2.33. The van der Waals surface area contributed by atoms with E-state index in [1.54, 1.807) is 8.61 Å². The molecule has 2 aliphatic heterocycles. The van der Waals surface area contributed by atoms with Crippen LogP contribution in [0, 0.1) is 0 Å². The van der Waals surface area contributed by atoms with Crippen LogP contribution in [-0.2, 0) is 10.2 Å². The van der Waals surface area contributed by atoms with Gasteiger partial charge >= 0.3 is 0 Å². The molecule has 2 rings (SSSR count). The third kappa shape index (κ3) is 3.93. The molecule has 0 aliphatic carbocycles. The van der Waals surface area contributed by atoms with Crippen LogP contribution in [0.1, 0.15) is 52.4 Å². The first-order valence-corrected chi connectivity index (χ1v) is 9.42. The molecular formula is C14H29N3O2S. The number of hydrogen-bond donors (Lipinski definition) is 1. The van der Waals surface area contributed by atoms with Crippen molar-refractivity contribution in [3.63, 3.8) is 0 Å². The van der Waals surface area contributed by atoms with Crippen molar-refractivity contribution in [3.05, 3.63) is 0 Å². The number of rotatable bonds is 5. The predicted octanol–water partition coefficient (Wildman–Crippen LogP) is 1.57. The maximum atomic E-state index is 12.9. The molecule has 0 bridgehead atoms. The molecule has 0 amide bonds. The van der Waals surface area contributed by atoms with Gasteiger partial charge in [-0.2, -0.15) is 17.0 Å². The quantitative estimate of drug-likeness (QED) is 0.839. The summed E-state index contributed by atoms with van der Waals surface area (Å²) in [6.07, 6.45) is 6.52. The third-order valence-corrected chi connectivity index (χ3v) is 6.51. The molecule has 0 radical (unpaired) electrons. The molecule has 118 valence electrons. The van der Waals surface area contributed by atoms with Crippen LogP contribution < -0.4 is 5.32 Å². The largest absolute Gasteiger partial charge is 0.313 e. The molecule has 1 N–H and O–H groups in total. The van der Waals surface area contributed by atoms with E-state index in [9.17, 15) is 8.42 Å². The maximum absolute atomic E-state index is 12.9. The van der Waals surface area contributed by atoms with E-state index in [0.717, 1.165) is 45.1 Å². The minimum absolute atomic E-state index is 0.0191. The summed E-state index contributed by atoms with van der Waals surface area (Å²) in [6, 6.07) is 0.338. The van der Waals surface area contributed by atoms with E-state index in [-0.39, 0.29) is 6.04 Å². The zero-order valence-corrected chi connectivity index (χ0v) is 13.7. The van der Waals surface area contributed by atoms with Crippen LogP contribution in [0.5, 0.6) is 0 Å². The SMILES string of the molecule is CC(C)N(CC1CCCN1)S(=O)(=O)N1CCCCCC1. The van der Waals surface area contributed by atoms with Crippen LogP contribution >= 0.6 is 0 Å². The van der Waals surface area contributed by atoms with E-state index in [2.05, 4.69) is 5.32 Å². The fraction of sp³-hybridized carbons (Fsp3) is 1.00. The van der Waals surface area contributed by atoms with Crippen molar-refractivity contribution >= 4 is 10.2 Å². The summed E-state index contributed by atoms with van der Waals surface area (Å²) in [6.45, 7) is 6.94. The Bertz CT molecular complexity index is 383. The highest BCUT2D eigenvalue weighted by Crippen LogP contribution is 2.20. The van der Waals surface area contributed by atoms with Crippen molar-refractivity contribution in [1.29, 1.82) is 0 Å². The van der Waals surface area contributed by atoms with Crippen LogP contribution in [0.15, 0.2) is 0 Å². The Morgan fingerprint density at radius 2 is 1.80 bits per heavy atom. The first kappa shape index (κ1) is 16.2. The van der Waals surface area contributed by atoms with Crippen molar-refractivity contribution in [1.82, 2.24) is 13.9 Å². The molecule has 6 heteroatoms. The first-order valence-electron chi connectivity index (χ1n) is 8.02. The molecule has 0 saturated carbocycles. The highest BCUT2D eigenvalue weighted by molar-refractivity contribution is 7.86. The molecule has 0 aromatic carbocycles. The molecule has 5 nitrogen and oxygen atoms in total. The molecule has 2 fully saturated rings. The molecule has 0 spiro atoms. The summed E-state index contributed by atoms with van der Waals surface area (Å²) < 4.78 is 29.2. The van der Waals surface area contributed by atoms with Gasteiger partial charge in [-0.05, 0) is 46.1 Å². The second kappa shape index (κ2) is 7.20. The maximum Gasteiger partial charge on any atom is 0.282 e. The molecule has 0 aromatic rings. The lowest BCUT2D eigenvalue weighted by Gasteiger charge is -2.33. The average molecular weight is 303 g/mol. The van der Waals surface area contributed by atoms with Gasteiger partial charge in [-0.1, -0.05) is 12.8 Å². The van der Waals surface area contributed by atoms with Crippen molar-refractivity contribution in [2.45, 2.75) is 64.5 Å². The van der Waals surface area contributed by atoms with Crippen LogP contribution in [-0.4, -0.2) is 55.3 Å². The van der Waals surface area contributed by atoms with Crippen molar-refractivity contribution in [3.8, 4) is 0 Å². The minimum atomic E-state index is -3.31. The smallest absolute Gasteiger partial charge is 0.282 e. The molecule has 1 atom stereocenters. The lowest BCUT2D eigenvalue weighted by molar-refractivity contribution is 0.286. The van der Waals surface area contributed by atoms with Gasteiger partial charge in [0.15, 0.2) is 0 Å². The Hall–Kier alpha value is -0.170. The lowest BCUT2D eigenvalue weighted by Crippen LogP contribution is -2.51. The summed E-state index contributed by atoms with van der Waals surface area (Å²) in [5, 5.41) is 3.40. The number of nitrogens with one attached hydrogen (secondary N) is 1. The molecule has 20 heavy (non-hydrogen) atoms. The van der Waals surface area contributed by atoms with Gasteiger partial charge in [0.2, 0.25) is 0 Å². The van der Waals surface area contributed by atoms with Crippen LogP contribution in [0.4, 0.5) is 0 Å². The molecule has 0 aromatic heterocycles. The summed E-state index contributed by atoms with van der Waals surface area (Å²) in [5.41, 5.74) is 0. The van der Waals surface area contributed by atoms with Gasteiger partial charge < -0.3 is 5.32 Å². The summed E-state index contributed by atoms with van der Waals surface area (Å²) in [5.74, 6) is 0. The van der Waals surface area contributed by atoms with E-state index in [1.807, 2.05) is 13.8 Å². The second-order valence-corrected chi connectivity index (χ2v) is 8.16. The molecular weight excluding hydrogens is 274 g/mol. The molecule has 1 unspecified atom stereocenters. The molecule has 2 heterocycles. The average Bonchev–Trinajstić information content (AvgIpc) is 2.74. The van der Waals surface area contributed by atoms with E-state index in [1.165, 1.54) is 0 Å². The third-order valence-electron chi connectivity index (χ3n) is 4.33. The van der Waals surface area contributed by atoms with Crippen LogP contribution in [0.25, 0.3) is 0 Å². The standard InChI is InChI=1S/C14H29N3O2S/c1-13(2)17(12-14-8-7-9-15-14)20(18,19)16-10-5-3-4-6-11-16/h13-15H,3-12H2,1-2H3. The van der Waals surface area contributed by atoms with E-state index in [0.29, 0.717) is 25.7 Å². The normalized spacial score (nSPS) is 26.3. The van der Waals surface area contributed by atoms with Gasteiger partial charge in [0.05, 0.1) is 0 Å². The van der Waals surface area contributed by atoms with E-state index in [4.69, 9.17) is 0 Å². The van der Waals surface area contributed by atoms with Crippen LogP contribution in [0.2, 0.25) is 0 Å². The van der Waals surface area contributed by atoms with Gasteiger partial charge in [0, 0.05) is 31.7 Å². The monoisotopic (exact) mass is 303 g/mol. The summed E-state index contributed by atoms with van der Waals surface area (Å²) in [4.78, 5) is 0. The van der Waals surface area contributed by atoms with Crippen molar-refractivity contribution in [2.75, 3.05) is 26.2 Å². The van der Waals surface area contributed by atoms with Gasteiger partial charge in [-0.25, -0.2) is 0 Å². The minimum Gasteiger partial charge on any atom is -0.313 e. The Kier molecular flexibility index (Phi) is 5.84. The lowest BCUT2D eigenvalue weighted by atomic mass is 10.2.